The van der Waals surface area contributed by atoms with Crippen LogP contribution in [-0.4, -0.2) is 24.8 Å². The maximum atomic E-state index is 13.4. The standard InChI is InChI=1S/C13H14BrFO4/c1-18-13(17)11(16)9-4-8(15)5-10(14)12(9)19-6-7-2-3-7/h4-5,7,11,16H,2-3,6H2,1H3. The van der Waals surface area contributed by atoms with Gasteiger partial charge in [0.1, 0.15) is 11.6 Å². The van der Waals surface area contributed by atoms with Crippen LogP contribution < -0.4 is 4.74 Å². The second kappa shape index (κ2) is 5.88. The van der Waals surface area contributed by atoms with Crippen molar-refractivity contribution in [3.05, 3.63) is 28.0 Å². The average Bonchev–Trinajstić information content (AvgIpc) is 3.19. The molecule has 4 nitrogen and oxygen atoms in total. The van der Waals surface area contributed by atoms with Gasteiger partial charge in [-0.15, -0.1) is 0 Å². The summed E-state index contributed by atoms with van der Waals surface area (Å²) in [6, 6.07) is 2.31. The largest absolute Gasteiger partial charge is 0.492 e. The molecule has 0 saturated heterocycles. The number of halogens is 2. The molecule has 1 aliphatic carbocycles. The smallest absolute Gasteiger partial charge is 0.339 e. The number of carbonyl (C=O) groups is 1. The van der Waals surface area contributed by atoms with Gasteiger partial charge in [0.2, 0.25) is 0 Å². The van der Waals surface area contributed by atoms with E-state index in [9.17, 15) is 14.3 Å². The molecule has 0 bridgehead atoms. The zero-order chi connectivity index (χ0) is 14.0. The van der Waals surface area contributed by atoms with Crippen LogP contribution in [0.1, 0.15) is 24.5 Å². The highest BCUT2D eigenvalue weighted by molar-refractivity contribution is 9.10. The summed E-state index contributed by atoms with van der Waals surface area (Å²) < 4.78 is 23.8. The van der Waals surface area contributed by atoms with Gasteiger partial charge in [-0.3, -0.25) is 0 Å². The summed E-state index contributed by atoms with van der Waals surface area (Å²) in [7, 11) is 1.16. The van der Waals surface area contributed by atoms with E-state index in [0.29, 0.717) is 17.0 Å². The van der Waals surface area contributed by atoms with Crippen LogP contribution in [-0.2, 0) is 9.53 Å². The highest BCUT2D eigenvalue weighted by Gasteiger charge is 2.27. The first-order valence-electron chi connectivity index (χ1n) is 5.90. The van der Waals surface area contributed by atoms with Gasteiger partial charge in [-0.1, -0.05) is 0 Å². The van der Waals surface area contributed by atoms with Crippen LogP contribution in [0.15, 0.2) is 16.6 Å². The highest BCUT2D eigenvalue weighted by atomic mass is 79.9. The van der Waals surface area contributed by atoms with Crippen LogP contribution in [0.3, 0.4) is 0 Å². The molecule has 0 aliphatic heterocycles. The van der Waals surface area contributed by atoms with Crippen molar-refractivity contribution in [2.45, 2.75) is 18.9 Å². The van der Waals surface area contributed by atoms with Crippen molar-refractivity contribution in [3.8, 4) is 5.75 Å². The molecular weight excluding hydrogens is 319 g/mol. The summed E-state index contributed by atoms with van der Waals surface area (Å²) in [6.07, 6.45) is 0.646. The second-order valence-electron chi connectivity index (χ2n) is 4.49. The second-order valence-corrected chi connectivity index (χ2v) is 5.34. The molecule has 19 heavy (non-hydrogen) atoms. The molecule has 0 aromatic heterocycles. The number of hydrogen-bond donors (Lipinski definition) is 1. The lowest BCUT2D eigenvalue weighted by Gasteiger charge is -2.16. The quantitative estimate of drug-likeness (QED) is 0.842. The van der Waals surface area contributed by atoms with Crippen LogP contribution >= 0.6 is 15.9 Å². The fourth-order valence-electron chi connectivity index (χ4n) is 1.66. The lowest BCUT2D eigenvalue weighted by Crippen LogP contribution is -2.16. The van der Waals surface area contributed by atoms with E-state index >= 15 is 0 Å². The monoisotopic (exact) mass is 332 g/mol. The van der Waals surface area contributed by atoms with Gasteiger partial charge in [-0.05, 0) is 46.8 Å². The number of carbonyl (C=O) groups excluding carboxylic acids is 1. The fraction of sp³-hybridized carbons (Fsp3) is 0.462. The van der Waals surface area contributed by atoms with Crippen LogP contribution in [0.5, 0.6) is 5.75 Å². The molecule has 1 aromatic carbocycles. The average molecular weight is 333 g/mol. The predicted octanol–water partition coefficient (Wildman–Crippen LogP) is 2.58. The number of benzene rings is 1. The van der Waals surface area contributed by atoms with Crippen LogP contribution in [0, 0.1) is 11.7 Å². The Labute approximate surface area is 118 Å². The van der Waals surface area contributed by atoms with Gasteiger partial charge in [0, 0.05) is 5.56 Å². The summed E-state index contributed by atoms with van der Waals surface area (Å²) in [5.74, 6) is -0.636. The van der Waals surface area contributed by atoms with Gasteiger partial charge < -0.3 is 14.6 Å². The number of methoxy groups -OCH3 is 1. The van der Waals surface area contributed by atoms with Crippen LogP contribution in [0.4, 0.5) is 4.39 Å². The van der Waals surface area contributed by atoms with E-state index in [-0.39, 0.29) is 11.3 Å². The molecule has 1 N–H and O–H groups in total. The minimum Gasteiger partial charge on any atom is -0.492 e. The van der Waals surface area contributed by atoms with Crippen molar-refractivity contribution < 1.29 is 23.8 Å². The zero-order valence-electron chi connectivity index (χ0n) is 10.4. The zero-order valence-corrected chi connectivity index (χ0v) is 11.9. The Balaban J connectivity index is 2.29. The number of aliphatic hydroxyl groups excluding tert-OH is 1. The van der Waals surface area contributed by atoms with Crippen molar-refractivity contribution in [2.24, 2.45) is 5.92 Å². The molecule has 1 aliphatic rings. The SMILES string of the molecule is COC(=O)C(O)c1cc(F)cc(Br)c1OCC1CC1. The van der Waals surface area contributed by atoms with E-state index in [1.54, 1.807) is 0 Å². The van der Waals surface area contributed by atoms with Gasteiger partial charge in [-0.2, -0.15) is 0 Å². The Kier molecular flexibility index (Phi) is 4.42. The first-order valence-corrected chi connectivity index (χ1v) is 6.70. The van der Waals surface area contributed by atoms with Gasteiger partial charge in [0.25, 0.3) is 0 Å². The third kappa shape index (κ3) is 3.45. The van der Waals surface area contributed by atoms with Crippen LogP contribution in [0.2, 0.25) is 0 Å². The maximum Gasteiger partial charge on any atom is 0.339 e. The van der Waals surface area contributed by atoms with Crippen molar-refractivity contribution in [3.63, 3.8) is 0 Å². The summed E-state index contributed by atoms with van der Waals surface area (Å²) in [4.78, 5) is 11.4. The first-order chi connectivity index (χ1) is 9.02. The molecule has 104 valence electrons. The van der Waals surface area contributed by atoms with Crippen molar-refractivity contribution >= 4 is 21.9 Å². The maximum absolute atomic E-state index is 13.4. The van der Waals surface area contributed by atoms with Gasteiger partial charge in [0.05, 0.1) is 18.2 Å². The normalized spacial score (nSPS) is 16.0. The molecular formula is C13H14BrFO4. The van der Waals surface area contributed by atoms with E-state index in [4.69, 9.17) is 4.74 Å². The molecule has 6 heteroatoms. The molecule has 0 amide bonds. The molecule has 2 rings (SSSR count). The molecule has 1 aromatic rings. The molecule has 0 radical (unpaired) electrons. The number of esters is 1. The minimum atomic E-state index is -1.56. The Morgan fingerprint density at radius 3 is 2.84 bits per heavy atom. The van der Waals surface area contributed by atoms with E-state index in [0.717, 1.165) is 26.0 Å². The molecule has 0 heterocycles. The molecule has 0 spiro atoms. The van der Waals surface area contributed by atoms with E-state index in [1.807, 2.05) is 0 Å². The fourth-order valence-corrected chi connectivity index (χ4v) is 2.22. The number of hydrogen-bond acceptors (Lipinski definition) is 4. The number of rotatable bonds is 5. The van der Waals surface area contributed by atoms with E-state index in [2.05, 4.69) is 20.7 Å². The Hall–Kier alpha value is -1.14. The van der Waals surface area contributed by atoms with E-state index < -0.39 is 17.9 Å². The molecule has 1 atom stereocenters. The summed E-state index contributed by atoms with van der Waals surface area (Å²) >= 11 is 3.18. The number of ether oxygens (including phenoxy) is 2. The van der Waals surface area contributed by atoms with E-state index in [1.165, 1.54) is 6.07 Å². The van der Waals surface area contributed by atoms with Crippen molar-refractivity contribution in [1.82, 2.24) is 0 Å². The van der Waals surface area contributed by atoms with Gasteiger partial charge >= 0.3 is 5.97 Å². The lowest BCUT2D eigenvalue weighted by molar-refractivity contribution is -0.150. The van der Waals surface area contributed by atoms with Gasteiger partial charge in [0.15, 0.2) is 6.10 Å². The Morgan fingerprint density at radius 2 is 2.26 bits per heavy atom. The van der Waals surface area contributed by atoms with Crippen LogP contribution in [0.25, 0.3) is 0 Å². The summed E-state index contributed by atoms with van der Waals surface area (Å²) in [5.41, 5.74) is 0.0689. The molecule has 1 fully saturated rings. The topological polar surface area (TPSA) is 55.8 Å². The number of aliphatic hydroxyl groups is 1. The highest BCUT2D eigenvalue weighted by Crippen LogP contribution is 2.37. The summed E-state index contributed by atoms with van der Waals surface area (Å²) in [5, 5.41) is 9.86. The minimum absolute atomic E-state index is 0.0689. The van der Waals surface area contributed by atoms with Crippen molar-refractivity contribution in [1.29, 1.82) is 0 Å². The third-order valence-corrected chi connectivity index (χ3v) is 3.51. The Bertz CT molecular complexity index is 488. The predicted molar refractivity (Wildman–Crippen MR) is 69.3 cm³/mol. The third-order valence-electron chi connectivity index (χ3n) is 2.92. The first kappa shape index (κ1) is 14.3. The lowest BCUT2D eigenvalue weighted by atomic mass is 10.1. The molecule has 1 unspecified atom stereocenters. The van der Waals surface area contributed by atoms with Gasteiger partial charge in [-0.25, -0.2) is 9.18 Å². The van der Waals surface area contributed by atoms with Crippen molar-refractivity contribution in [2.75, 3.05) is 13.7 Å². The summed E-state index contributed by atoms with van der Waals surface area (Å²) in [6.45, 7) is 0.491. The molecule has 1 saturated carbocycles. The Morgan fingerprint density at radius 1 is 1.58 bits per heavy atom.